The number of aliphatic hydroxyl groups is 3. The Morgan fingerprint density at radius 1 is 1.04 bits per heavy atom. The van der Waals surface area contributed by atoms with Crippen LogP contribution in [0.5, 0.6) is 0 Å². The van der Waals surface area contributed by atoms with Crippen molar-refractivity contribution >= 4 is 0 Å². The fourth-order valence-electron chi connectivity index (χ4n) is 7.80. The van der Waals surface area contributed by atoms with Gasteiger partial charge in [0, 0.05) is 23.9 Å². The summed E-state index contributed by atoms with van der Waals surface area (Å²) in [6.07, 6.45) is 6.54. The molecule has 11 atom stereocenters. The van der Waals surface area contributed by atoms with Gasteiger partial charge >= 0.3 is 0 Å². The highest BCUT2D eigenvalue weighted by atomic mass is 16.6. The topological polar surface area (TPSA) is 72.9 Å². The quantitative estimate of drug-likeness (QED) is 0.610. The van der Waals surface area contributed by atoms with Gasteiger partial charge in [-0.15, -0.1) is 0 Å². The van der Waals surface area contributed by atoms with Gasteiger partial charge in [-0.3, -0.25) is 4.90 Å². The molecular weight excluding hydrogens is 342 g/mol. The molecule has 1 spiro atoms. The van der Waals surface area contributed by atoms with Crippen LogP contribution in [0.2, 0.25) is 0 Å². The average Bonchev–Trinajstić information content (AvgIpc) is 3.28. The number of hydrogen-bond acceptors (Lipinski definition) is 5. The first-order chi connectivity index (χ1) is 12.7. The molecule has 0 aromatic heterocycles. The predicted molar refractivity (Wildman–Crippen MR) is 102 cm³/mol. The van der Waals surface area contributed by atoms with Crippen LogP contribution in [0.25, 0.3) is 0 Å². The normalized spacial score (nSPS) is 62.9. The fraction of sp³-hybridized carbons (Fsp3) is 1.00. The molecule has 5 aliphatic rings. The van der Waals surface area contributed by atoms with Crippen LogP contribution in [0, 0.1) is 23.2 Å². The maximum Gasteiger partial charge on any atom is 0.175 e. The molecule has 0 bridgehead atoms. The molecule has 3 saturated carbocycles. The van der Waals surface area contributed by atoms with Gasteiger partial charge in [0.15, 0.2) is 6.29 Å². The zero-order valence-electron chi connectivity index (χ0n) is 17.1. The van der Waals surface area contributed by atoms with Gasteiger partial charge in [-0.25, -0.2) is 0 Å². The molecule has 5 heteroatoms. The Bertz CT molecular complexity index is 615. The van der Waals surface area contributed by atoms with Crippen molar-refractivity contribution < 1.29 is 20.1 Å². The number of nitrogens with zero attached hydrogens (tertiary/aromatic N) is 1. The molecule has 0 aromatic rings. The molecule has 5 nitrogen and oxygen atoms in total. The van der Waals surface area contributed by atoms with Crippen LogP contribution in [0.4, 0.5) is 0 Å². The minimum Gasteiger partial charge on any atom is -0.392 e. The molecule has 2 saturated heterocycles. The zero-order valence-corrected chi connectivity index (χ0v) is 17.1. The second-order valence-corrected chi connectivity index (χ2v) is 10.8. The molecule has 5 rings (SSSR count). The maximum absolute atomic E-state index is 11.6. The van der Waals surface area contributed by atoms with Crippen LogP contribution in [0.1, 0.15) is 72.1 Å². The summed E-state index contributed by atoms with van der Waals surface area (Å²) >= 11 is 0. The van der Waals surface area contributed by atoms with Crippen LogP contribution in [-0.2, 0) is 4.74 Å². The summed E-state index contributed by atoms with van der Waals surface area (Å²) in [6, 6.07) is 0.548. The summed E-state index contributed by atoms with van der Waals surface area (Å²) < 4.78 is 6.27. The lowest BCUT2D eigenvalue weighted by Gasteiger charge is -2.47. The molecule has 7 unspecified atom stereocenters. The van der Waals surface area contributed by atoms with E-state index in [4.69, 9.17) is 4.74 Å². The van der Waals surface area contributed by atoms with Gasteiger partial charge in [0.1, 0.15) is 0 Å². The van der Waals surface area contributed by atoms with Gasteiger partial charge in [-0.2, -0.15) is 0 Å². The number of fused-ring (bicyclic) bond motifs is 4. The van der Waals surface area contributed by atoms with E-state index in [0.717, 1.165) is 25.3 Å². The van der Waals surface area contributed by atoms with E-state index in [1.54, 1.807) is 0 Å². The number of hydrogen-bond donors (Lipinski definition) is 3. The van der Waals surface area contributed by atoms with E-state index >= 15 is 0 Å². The summed E-state index contributed by atoms with van der Waals surface area (Å²) in [7, 11) is 0. The third-order valence-electron chi connectivity index (χ3n) is 9.66. The highest BCUT2D eigenvalue weighted by molar-refractivity contribution is 5.26. The molecule has 0 aromatic carbocycles. The Balaban J connectivity index is 1.48. The van der Waals surface area contributed by atoms with Crippen LogP contribution < -0.4 is 0 Å². The number of rotatable bonds is 1. The van der Waals surface area contributed by atoms with Crippen molar-refractivity contribution in [2.45, 2.75) is 108 Å². The van der Waals surface area contributed by atoms with Crippen LogP contribution in [0.15, 0.2) is 0 Å². The standard InChI is InChI=1S/C22H37NO4/c1-13-5-4-6-15(11-13)23-12-21(23)16-8-7-14(2)22(26)10-9-17(24)20(22,3)18(16)27-19(21)25/h13-19,24-26H,4-12H2,1-3H3/t13?,14?,15?,16-,17?,18-,19?,20+,21?,22+,23?/m1/s1. The van der Waals surface area contributed by atoms with E-state index in [1.165, 1.54) is 25.7 Å². The van der Waals surface area contributed by atoms with Gasteiger partial charge in [0.25, 0.3) is 0 Å². The highest BCUT2D eigenvalue weighted by Gasteiger charge is 2.76. The van der Waals surface area contributed by atoms with Crippen molar-refractivity contribution in [3.8, 4) is 0 Å². The first-order valence-electron chi connectivity index (χ1n) is 11.3. The summed E-state index contributed by atoms with van der Waals surface area (Å²) in [5, 5.41) is 33.6. The molecule has 2 aliphatic heterocycles. The first-order valence-corrected chi connectivity index (χ1v) is 11.3. The fourth-order valence-corrected chi connectivity index (χ4v) is 7.80. The van der Waals surface area contributed by atoms with Crippen molar-refractivity contribution in [2.75, 3.05) is 6.54 Å². The maximum atomic E-state index is 11.6. The molecule has 154 valence electrons. The minimum atomic E-state index is -0.907. The van der Waals surface area contributed by atoms with Crippen molar-refractivity contribution in [3.63, 3.8) is 0 Å². The molecule has 3 N–H and O–H groups in total. The van der Waals surface area contributed by atoms with E-state index in [9.17, 15) is 15.3 Å². The summed E-state index contributed by atoms with van der Waals surface area (Å²) in [5.41, 5.74) is -1.90. The lowest BCUT2D eigenvalue weighted by atomic mass is 9.64. The third-order valence-corrected chi connectivity index (χ3v) is 9.66. The highest BCUT2D eigenvalue weighted by Crippen LogP contribution is 2.65. The minimum absolute atomic E-state index is 0.143. The SMILES string of the molecule is CC1CCCC(N2CC23C(O)O[C@@H]2[C@H]3CCC(C)[C@@]3(O)CCC(O)[C@@]23C)C1. The first kappa shape index (κ1) is 18.8. The molecule has 0 radical (unpaired) electrons. The zero-order chi connectivity index (χ0) is 19.2. The van der Waals surface area contributed by atoms with E-state index in [-0.39, 0.29) is 23.5 Å². The summed E-state index contributed by atoms with van der Waals surface area (Å²) in [6.45, 7) is 7.40. The van der Waals surface area contributed by atoms with Crippen molar-refractivity contribution in [2.24, 2.45) is 23.2 Å². The van der Waals surface area contributed by atoms with Crippen molar-refractivity contribution in [3.05, 3.63) is 0 Å². The summed E-state index contributed by atoms with van der Waals surface area (Å²) in [5.74, 6) is 1.09. The Kier molecular flexibility index (Phi) is 4.12. The van der Waals surface area contributed by atoms with Crippen LogP contribution in [-0.4, -0.2) is 62.4 Å². The van der Waals surface area contributed by atoms with Crippen LogP contribution in [0.3, 0.4) is 0 Å². The molecular formula is C22H37NO4. The van der Waals surface area contributed by atoms with Gasteiger partial charge in [-0.1, -0.05) is 33.6 Å². The smallest absolute Gasteiger partial charge is 0.175 e. The Morgan fingerprint density at radius 2 is 1.81 bits per heavy atom. The van der Waals surface area contributed by atoms with E-state index in [1.807, 2.05) is 6.92 Å². The second-order valence-electron chi connectivity index (χ2n) is 10.8. The molecule has 0 amide bonds. The average molecular weight is 380 g/mol. The molecule has 3 aliphatic carbocycles. The number of ether oxygens (including phenoxy) is 1. The Hall–Kier alpha value is -0.200. The van der Waals surface area contributed by atoms with Gasteiger partial charge < -0.3 is 20.1 Å². The van der Waals surface area contributed by atoms with Gasteiger partial charge in [-0.05, 0) is 50.4 Å². The predicted octanol–water partition coefficient (Wildman–Crippen LogP) is 2.27. The Labute approximate surface area is 163 Å². The molecule has 5 fully saturated rings. The van der Waals surface area contributed by atoms with Gasteiger partial charge in [0.05, 0.1) is 23.3 Å². The second kappa shape index (κ2) is 5.91. The van der Waals surface area contributed by atoms with Crippen LogP contribution >= 0.6 is 0 Å². The molecule has 27 heavy (non-hydrogen) atoms. The van der Waals surface area contributed by atoms with E-state index < -0.39 is 23.4 Å². The van der Waals surface area contributed by atoms with Gasteiger partial charge in [0.2, 0.25) is 0 Å². The van der Waals surface area contributed by atoms with E-state index in [2.05, 4.69) is 18.7 Å². The largest absolute Gasteiger partial charge is 0.392 e. The summed E-state index contributed by atoms with van der Waals surface area (Å²) in [4.78, 5) is 2.53. The third kappa shape index (κ3) is 2.24. The monoisotopic (exact) mass is 379 g/mol. The lowest BCUT2D eigenvalue weighted by molar-refractivity contribution is -0.207. The van der Waals surface area contributed by atoms with Crippen molar-refractivity contribution in [1.29, 1.82) is 0 Å². The van der Waals surface area contributed by atoms with Crippen molar-refractivity contribution in [1.82, 2.24) is 4.90 Å². The van der Waals surface area contributed by atoms with E-state index in [0.29, 0.717) is 18.9 Å². The number of aliphatic hydroxyl groups excluding tert-OH is 2. The lowest BCUT2D eigenvalue weighted by Crippen LogP contribution is -2.57. The molecule has 2 heterocycles. The Morgan fingerprint density at radius 3 is 2.56 bits per heavy atom.